The van der Waals surface area contributed by atoms with Crippen molar-refractivity contribution in [3.05, 3.63) is 82.9 Å². The number of hydrogen-bond donors (Lipinski definition) is 2. The van der Waals surface area contributed by atoms with Crippen LogP contribution in [0.3, 0.4) is 0 Å². The van der Waals surface area contributed by atoms with Gasteiger partial charge in [0.25, 0.3) is 11.8 Å². The van der Waals surface area contributed by atoms with Gasteiger partial charge in [0.2, 0.25) is 0 Å². The maximum absolute atomic E-state index is 13.0. The van der Waals surface area contributed by atoms with Gasteiger partial charge in [-0.1, -0.05) is 12.1 Å². The Morgan fingerprint density at radius 1 is 1.04 bits per heavy atom. The first kappa shape index (κ1) is 17.9. The number of amides is 2. The molecule has 0 unspecified atom stereocenters. The first-order valence-corrected chi connectivity index (χ1v) is 9.23. The monoisotopic (exact) mass is 394 g/mol. The molecule has 0 saturated carbocycles. The van der Waals surface area contributed by atoms with Crippen LogP contribution in [-0.2, 0) is 0 Å². The van der Waals surface area contributed by atoms with Crippen molar-refractivity contribution >= 4 is 28.8 Å². The lowest BCUT2D eigenvalue weighted by molar-refractivity contribution is 0.0846. The molecule has 2 amide bonds. The predicted octanol–water partition coefficient (Wildman–Crippen LogP) is 3.59. The van der Waals surface area contributed by atoms with Crippen LogP contribution in [0, 0.1) is 12.7 Å². The first-order chi connectivity index (χ1) is 13.5. The van der Waals surface area contributed by atoms with Gasteiger partial charge < -0.3 is 4.40 Å². The number of hydrogen-bond acceptors (Lipinski definition) is 4. The Bertz CT molecular complexity index is 1180. The lowest BCUT2D eigenvalue weighted by atomic mass is 10.2. The van der Waals surface area contributed by atoms with E-state index < -0.39 is 11.8 Å². The standard InChI is InChI=1S/C20H15FN4O2S/c1-12-8-9-25-11-15(22-18(25)10-12)19(26)23-24-20(27)17-7-6-16(28-17)13-2-4-14(21)5-3-13/h2-11H,1H3,(H,23,26)(H,24,27). The second-order valence-corrected chi connectivity index (χ2v) is 7.26. The number of pyridine rings is 1. The SMILES string of the molecule is Cc1ccn2cc(C(=O)NNC(=O)c3ccc(-c4ccc(F)cc4)s3)nc2c1. The molecule has 4 aromatic rings. The highest BCUT2D eigenvalue weighted by molar-refractivity contribution is 7.17. The molecule has 140 valence electrons. The van der Waals surface area contributed by atoms with Crippen molar-refractivity contribution in [2.75, 3.05) is 0 Å². The van der Waals surface area contributed by atoms with Crippen molar-refractivity contribution in [3.8, 4) is 10.4 Å². The highest BCUT2D eigenvalue weighted by Crippen LogP contribution is 2.28. The summed E-state index contributed by atoms with van der Waals surface area (Å²) in [6, 6.07) is 13.2. The van der Waals surface area contributed by atoms with Crippen molar-refractivity contribution in [2.45, 2.75) is 6.92 Å². The summed E-state index contributed by atoms with van der Waals surface area (Å²) in [7, 11) is 0. The number of aromatic nitrogens is 2. The molecule has 4 rings (SSSR count). The number of carbonyl (C=O) groups excluding carboxylic acids is 2. The fourth-order valence-corrected chi connectivity index (χ4v) is 3.57. The lowest BCUT2D eigenvalue weighted by Crippen LogP contribution is -2.41. The van der Waals surface area contributed by atoms with Gasteiger partial charge in [0, 0.05) is 17.3 Å². The summed E-state index contributed by atoms with van der Waals surface area (Å²) >= 11 is 1.25. The van der Waals surface area contributed by atoms with Gasteiger partial charge in [-0.25, -0.2) is 9.37 Å². The Kier molecular flexibility index (Phi) is 4.62. The maximum atomic E-state index is 13.0. The predicted molar refractivity (Wildman–Crippen MR) is 105 cm³/mol. The number of aryl methyl sites for hydroxylation is 1. The minimum atomic E-state index is -0.509. The third-order valence-corrected chi connectivity index (χ3v) is 5.23. The number of hydrazine groups is 1. The summed E-state index contributed by atoms with van der Waals surface area (Å²) in [6.07, 6.45) is 3.41. The Hall–Kier alpha value is -3.52. The first-order valence-electron chi connectivity index (χ1n) is 8.41. The third-order valence-electron chi connectivity index (χ3n) is 4.10. The molecular weight excluding hydrogens is 379 g/mol. The van der Waals surface area contributed by atoms with E-state index in [-0.39, 0.29) is 11.5 Å². The molecule has 3 aromatic heterocycles. The quantitative estimate of drug-likeness (QED) is 0.522. The van der Waals surface area contributed by atoms with Gasteiger partial charge in [-0.15, -0.1) is 11.3 Å². The number of carbonyl (C=O) groups is 2. The van der Waals surface area contributed by atoms with Crippen LogP contribution in [0.15, 0.2) is 60.9 Å². The van der Waals surface area contributed by atoms with Crippen LogP contribution in [0.5, 0.6) is 0 Å². The number of imidazole rings is 1. The van der Waals surface area contributed by atoms with Gasteiger partial charge in [-0.2, -0.15) is 0 Å². The number of nitrogens with zero attached hydrogens (tertiary/aromatic N) is 2. The molecule has 3 heterocycles. The molecule has 0 aliphatic rings. The Balaban J connectivity index is 1.42. The van der Waals surface area contributed by atoms with Crippen molar-refractivity contribution in [1.29, 1.82) is 0 Å². The van der Waals surface area contributed by atoms with E-state index in [2.05, 4.69) is 15.8 Å². The fourth-order valence-electron chi connectivity index (χ4n) is 2.66. The number of halogens is 1. The average molecular weight is 394 g/mol. The highest BCUT2D eigenvalue weighted by Gasteiger charge is 2.14. The minimum Gasteiger partial charge on any atom is -0.306 e. The van der Waals surface area contributed by atoms with E-state index in [9.17, 15) is 14.0 Å². The van der Waals surface area contributed by atoms with Crippen LogP contribution < -0.4 is 10.9 Å². The largest absolute Gasteiger partial charge is 0.306 e. The molecule has 2 N–H and O–H groups in total. The zero-order chi connectivity index (χ0) is 19.7. The van der Waals surface area contributed by atoms with Gasteiger partial charge >= 0.3 is 0 Å². The maximum Gasteiger partial charge on any atom is 0.289 e. The molecule has 6 nitrogen and oxygen atoms in total. The third kappa shape index (κ3) is 3.63. The van der Waals surface area contributed by atoms with Crippen molar-refractivity contribution in [1.82, 2.24) is 20.2 Å². The van der Waals surface area contributed by atoms with Crippen LogP contribution in [0.4, 0.5) is 4.39 Å². The van der Waals surface area contributed by atoms with Gasteiger partial charge in [-0.3, -0.25) is 20.4 Å². The summed E-state index contributed by atoms with van der Waals surface area (Å²) in [4.78, 5) is 30.0. The van der Waals surface area contributed by atoms with Crippen LogP contribution in [0.2, 0.25) is 0 Å². The van der Waals surface area contributed by atoms with Crippen molar-refractivity contribution < 1.29 is 14.0 Å². The topological polar surface area (TPSA) is 75.5 Å². The molecule has 0 saturated heterocycles. The van der Waals surface area contributed by atoms with E-state index in [0.717, 1.165) is 16.0 Å². The van der Waals surface area contributed by atoms with Crippen LogP contribution in [0.1, 0.15) is 25.7 Å². The summed E-state index contributed by atoms with van der Waals surface area (Å²) in [6.45, 7) is 1.94. The average Bonchev–Trinajstić information content (AvgIpc) is 3.33. The van der Waals surface area contributed by atoms with Crippen molar-refractivity contribution in [3.63, 3.8) is 0 Å². The van der Waals surface area contributed by atoms with Gasteiger partial charge in [-0.05, 0) is 54.4 Å². The van der Waals surface area contributed by atoms with Crippen LogP contribution >= 0.6 is 11.3 Å². The zero-order valence-electron chi connectivity index (χ0n) is 14.8. The molecule has 0 fully saturated rings. The zero-order valence-corrected chi connectivity index (χ0v) is 15.6. The summed E-state index contributed by atoms with van der Waals surface area (Å²) < 4.78 is 14.8. The summed E-state index contributed by atoms with van der Waals surface area (Å²) in [5, 5.41) is 0. The molecule has 0 bridgehead atoms. The number of rotatable bonds is 3. The van der Waals surface area contributed by atoms with E-state index in [1.165, 1.54) is 23.5 Å². The minimum absolute atomic E-state index is 0.198. The number of benzene rings is 1. The molecule has 0 spiro atoms. The summed E-state index contributed by atoms with van der Waals surface area (Å²) in [5.74, 6) is -1.26. The number of thiophene rings is 1. The number of fused-ring (bicyclic) bond motifs is 1. The second kappa shape index (κ2) is 7.24. The van der Waals surface area contributed by atoms with E-state index in [0.29, 0.717) is 10.5 Å². The van der Waals surface area contributed by atoms with E-state index >= 15 is 0 Å². The van der Waals surface area contributed by atoms with Crippen LogP contribution in [-0.4, -0.2) is 21.2 Å². The molecule has 1 aromatic carbocycles. The fraction of sp³-hybridized carbons (Fsp3) is 0.0500. The van der Waals surface area contributed by atoms with Gasteiger partial charge in [0.15, 0.2) is 0 Å². The molecule has 0 aliphatic carbocycles. The number of nitrogens with one attached hydrogen (secondary N) is 2. The van der Waals surface area contributed by atoms with E-state index in [1.54, 1.807) is 34.9 Å². The van der Waals surface area contributed by atoms with E-state index in [4.69, 9.17) is 0 Å². The summed E-state index contributed by atoms with van der Waals surface area (Å²) in [5.41, 5.74) is 7.46. The molecule has 0 atom stereocenters. The normalized spacial score (nSPS) is 10.8. The Morgan fingerprint density at radius 3 is 2.57 bits per heavy atom. The lowest BCUT2D eigenvalue weighted by Gasteiger charge is -2.04. The smallest absolute Gasteiger partial charge is 0.289 e. The highest BCUT2D eigenvalue weighted by atomic mass is 32.1. The molecule has 28 heavy (non-hydrogen) atoms. The van der Waals surface area contributed by atoms with Gasteiger partial charge in [0.1, 0.15) is 17.2 Å². The molecule has 0 aliphatic heterocycles. The Labute approximate surface area is 163 Å². The van der Waals surface area contributed by atoms with Crippen LogP contribution in [0.25, 0.3) is 16.1 Å². The Morgan fingerprint density at radius 2 is 1.79 bits per heavy atom. The molecule has 0 radical (unpaired) electrons. The molecular formula is C20H15FN4O2S. The second-order valence-electron chi connectivity index (χ2n) is 6.17. The van der Waals surface area contributed by atoms with E-state index in [1.807, 2.05) is 25.3 Å². The molecule has 8 heteroatoms. The van der Waals surface area contributed by atoms with Crippen molar-refractivity contribution in [2.24, 2.45) is 0 Å². The van der Waals surface area contributed by atoms with Gasteiger partial charge in [0.05, 0.1) is 4.88 Å².